The van der Waals surface area contributed by atoms with Gasteiger partial charge in [0.1, 0.15) is 6.61 Å². The van der Waals surface area contributed by atoms with Gasteiger partial charge in [-0.2, -0.15) is 0 Å². The first-order valence-electron chi connectivity index (χ1n) is 6.35. The molecule has 108 valence electrons. The first-order valence-corrected chi connectivity index (χ1v) is 7.83. The van der Waals surface area contributed by atoms with Gasteiger partial charge < -0.3 is 5.11 Å². The topological polar surface area (TPSA) is 66.4 Å². The van der Waals surface area contributed by atoms with Crippen LogP contribution < -0.4 is 4.72 Å². The Hall–Kier alpha value is -2.13. The number of hydrogen-bond acceptors (Lipinski definition) is 3. The molecule has 2 aromatic rings. The van der Waals surface area contributed by atoms with E-state index in [0.717, 1.165) is 5.56 Å². The van der Waals surface area contributed by atoms with E-state index < -0.39 is 10.0 Å². The molecule has 21 heavy (non-hydrogen) atoms. The van der Waals surface area contributed by atoms with Crippen LogP contribution in [0.1, 0.15) is 11.1 Å². The van der Waals surface area contributed by atoms with E-state index in [-0.39, 0.29) is 18.0 Å². The summed E-state index contributed by atoms with van der Waals surface area (Å²) in [5, 5.41) is 8.66. The molecule has 0 aliphatic rings. The second-order valence-electron chi connectivity index (χ2n) is 4.30. The van der Waals surface area contributed by atoms with Crippen molar-refractivity contribution >= 4 is 10.0 Å². The van der Waals surface area contributed by atoms with Crippen molar-refractivity contribution in [2.45, 2.75) is 11.4 Å². The molecule has 0 radical (unpaired) electrons. The van der Waals surface area contributed by atoms with E-state index in [2.05, 4.69) is 16.6 Å². The van der Waals surface area contributed by atoms with Crippen LogP contribution in [0.5, 0.6) is 0 Å². The van der Waals surface area contributed by atoms with Crippen LogP contribution in [0.4, 0.5) is 0 Å². The van der Waals surface area contributed by atoms with Crippen LogP contribution in [0.2, 0.25) is 0 Å². The van der Waals surface area contributed by atoms with Gasteiger partial charge in [0.25, 0.3) is 0 Å². The smallest absolute Gasteiger partial charge is 0.240 e. The van der Waals surface area contributed by atoms with E-state index in [9.17, 15) is 8.42 Å². The fraction of sp³-hybridized carbons (Fsp3) is 0.125. The summed E-state index contributed by atoms with van der Waals surface area (Å²) in [5.41, 5.74) is 1.43. The van der Waals surface area contributed by atoms with Gasteiger partial charge in [-0.25, -0.2) is 13.1 Å². The van der Waals surface area contributed by atoms with Crippen molar-refractivity contribution in [2.75, 3.05) is 6.61 Å². The maximum absolute atomic E-state index is 12.2. The maximum atomic E-state index is 12.2. The zero-order valence-corrected chi connectivity index (χ0v) is 12.1. The van der Waals surface area contributed by atoms with Crippen molar-refractivity contribution in [1.29, 1.82) is 0 Å². The molecule has 0 heterocycles. The van der Waals surface area contributed by atoms with E-state index in [1.807, 2.05) is 30.3 Å². The summed E-state index contributed by atoms with van der Waals surface area (Å²) in [4.78, 5) is 0.156. The van der Waals surface area contributed by atoms with Gasteiger partial charge in [-0.1, -0.05) is 48.2 Å². The Bertz CT molecular complexity index is 759. The zero-order valence-electron chi connectivity index (χ0n) is 11.3. The van der Waals surface area contributed by atoms with Gasteiger partial charge >= 0.3 is 0 Å². The molecule has 0 saturated carbocycles. The summed E-state index contributed by atoms with van der Waals surface area (Å²) >= 11 is 0. The summed E-state index contributed by atoms with van der Waals surface area (Å²) in [7, 11) is -3.59. The molecule has 0 saturated heterocycles. The third-order valence-corrected chi connectivity index (χ3v) is 4.16. The van der Waals surface area contributed by atoms with Crippen LogP contribution in [0.25, 0.3) is 0 Å². The van der Waals surface area contributed by atoms with Crippen LogP contribution in [-0.2, 0) is 16.6 Å². The van der Waals surface area contributed by atoms with Crippen molar-refractivity contribution in [1.82, 2.24) is 4.72 Å². The predicted octanol–water partition coefficient (Wildman–Crippen LogP) is 1.51. The molecule has 0 amide bonds. The number of benzene rings is 2. The van der Waals surface area contributed by atoms with Crippen molar-refractivity contribution in [3.05, 3.63) is 65.7 Å². The SMILES string of the molecule is O=S(=O)(NCc1ccccc1)c1cccc(C#CCO)c1. The number of nitrogens with one attached hydrogen (secondary N) is 1. The Balaban J connectivity index is 2.16. The number of sulfonamides is 1. The molecule has 2 aromatic carbocycles. The predicted molar refractivity (Wildman–Crippen MR) is 80.9 cm³/mol. The molecule has 4 nitrogen and oxygen atoms in total. The highest BCUT2D eigenvalue weighted by Crippen LogP contribution is 2.11. The van der Waals surface area contributed by atoms with Gasteiger partial charge in [0.15, 0.2) is 0 Å². The van der Waals surface area contributed by atoms with Gasteiger partial charge in [-0.05, 0) is 23.8 Å². The molecule has 0 atom stereocenters. The van der Waals surface area contributed by atoms with Crippen LogP contribution in [0.3, 0.4) is 0 Å². The lowest BCUT2D eigenvalue weighted by molar-refractivity contribution is 0.350. The van der Waals surface area contributed by atoms with Crippen LogP contribution in [0.15, 0.2) is 59.5 Å². The first-order chi connectivity index (χ1) is 10.1. The van der Waals surface area contributed by atoms with Crippen molar-refractivity contribution < 1.29 is 13.5 Å². The largest absolute Gasteiger partial charge is 0.384 e. The zero-order chi connectivity index (χ0) is 15.1. The molecule has 0 spiro atoms. The highest BCUT2D eigenvalue weighted by molar-refractivity contribution is 7.89. The summed E-state index contributed by atoms with van der Waals surface area (Å²) in [6.45, 7) is -0.0288. The molecule has 5 heteroatoms. The van der Waals surface area contributed by atoms with Gasteiger partial charge in [0.05, 0.1) is 4.90 Å². The fourth-order valence-corrected chi connectivity index (χ4v) is 2.80. The lowest BCUT2D eigenvalue weighted by atomic mass is 10.2. The average molecular weight is 301 g/mol. The molecule has 2 N–H and O–H groups in total. The average Bonchev–Trinajstić information content (AvgIpc) is 2.52. The first kappa shape index (κ1) is 15.3. The minimum Gasteiger partial charge on any atom is -0.384 e. The van der Waals surface area contributed by atoms with E-state index in [1.54, 1.807) is 12.1 Å². The van der Waals surface area contributed by atoms with E-state index >= 15 is 0 Å². The Morgan fingerprint density at radius 1 is 1.05 bits per heavy atom. The minimum atomic E-state index is -3.59. The third kappa shape index (κ3) is 4.43. The number of aliphatic hydroxyl groups excluding tert-OH is 1. The van der Waals surface area contributed by atoms with E-state index in [0.29, 0.717) is 5.56 Å². The van der Waals surface area contributed by atoms with Crippen molar-refractivity contribution in [3.8, 4) is 11.8 Å². The molecule has 0 aliphatic heterocycles. The molecule has 0 bridgehead atoms. The molecular formula is C16H15NO3S. The highest BCUT2D eigenvalue weighted by Gasteiger charge is 2.13. The third-order valence-electron chi connectivity index (χ3n) is 2.77. The molecular weight excluding hydrogens is 286 g/mol. The normalized spacial score (nSPS) is 10.7. The van der Waals surface area contributed by atoms with E-state index in [4.69, 9.17) is 5.11 Å². The Kier molecular flexibility index (Phi) is 5.12. The lowest BCUT2D eigenvalue weighted by Crippen LogP contribution is -2.23. The van der Waals surface area contributed by atoms with Gasteiger partial charge in [0.2, 0.25) is 10.0 Å². The number of aliphatic hydroxyl groups is 1. The van der Waals surface area contributed by atoms with Crippen LogP contribution in [-0.4, -0.2) is 20.1 Å². The highest BCUT2D eigenvalue weighted by atomic mass is 32.2. The Morgan fingerprint density at radius 3 is 2.52 bits per heavy atom. The molecule has 0 aromatic heterocycles. The monoisotopic (exact) mass is 301 g/mol. The number of rotatable bonds is 4. The molecule has 0 unspecified atom stereocenters. The molecule has 0 fully saturated rings. The Labute approximate surface area is 124 Å². The van der Waals surface area contributed by atoms with Crippen LogP contribution in [0, 0.1) is 11.8 Å². The minimum absolute atomic E-state index is 0.156. The summed E-state index contributed by atoms with van der Waals surface area (Å²) < 4.78 is 27.0. The second kappa shape index (κ2) is 7.04. The molecule has 2 rings (SSSR count). The summed E-state index contributed by atoms with van der Waals surface area (Å²) in [5.74, 6) is 5.18. The summed E-state index contributed by atoms with van der Waals surface area (Å²) in [6.07, 6.45) is 0. The van der Waals surface area contributed by atoms with Gasteiger partial charge in [-0.3, -0.25) is 0 Å². The quantitative estimate of drug-likeness (QED) is 0.841. The summed E-state index contributed by atoms with van der Waals surface area (Å²) in [6, 6.07) is 15.6. The van der Waals surface area contributed by atoms with Crippen molar-refractivity contribution in [2.24, 2.45) is 0 Å². The fourth-order valence-electron chi connectivity index (χ4n) is 1.74. The van der Waals surface area contributed by atoms with Crippen LogP contribution >= 0.6 is 0 Å². The lowest BCUT2D eigenvalue weighted by Gasteiger charge is -2.07. The molecule has 0 aliphatic carbocycles. The maximum Gasteiger partial charge on any atom is 0.240 e. The standard InChI is InChI=1S/C16H15NO3S/c18-11-5-9-14-8-4-10-16(12-14)21(19,20)17-13-15-6-2-1-3-7-15/h1-4,6-8,10,12,17-18H,11,13H2. The van der Waals surface area contributed by atoms with E-state index in [1.165, 1.54) is 12.1 Å². The second-order valence-corrected chi connectivity index (χ2v) is 6.06. The number of hydrogen-bond donors (Lipinski definition) is 2. The Morgan fingerprint density at radius 2 is 1.81 bits per heavy atom. The van der Waals surface area contributed by atoms with Gasteiger partial charge in [-0.15, -0.1) is 0 Å². The van der Waals surface area contributed by atoms with Crippen molar-refractivity contribution in [3.63, 3.8) is 0 Å². The van der Waals surface area contributed by atoms with Gasteiger partial charge in [0, 0.05) is 12.1 Å².